The van der Waals surface area contributed by atoms with Crippen molar-refractivity contribution in [1.82, 2.24) is 9.97 Å². The van der Waals surface area contributed by atoms with Gasteiger partial charge in [0, 0.05) is 5.38 Å². The van der Waals surface area contributed by atoms with Crippen LogP contribution in [0.15, 0.2) is 38.2 Å². The largest absolute Gasteiger partial charge is 0.395 e. The molecule has 8 N–H and O–H groups in total. The lowest BCUT2D eigenvalue weighted by Crippen LogP contribution is -2.41. The molecule has 0 saturated heterocycles. The molecule has 0 radical (unpaired) electrons. The van der Waals surface area contributed by atoms with Gasteiger partial charge in [-0.15, -0.1) is 23.7 Å². The molecule has 130 valence electrons. The van der Waals surface area contributed by atoms with Crippen LogP contribution in [0.5, 0.6) is 0 Å². The van der Waals surface area contributed by atoms with Gasteiger partial charge in [0.15, 0.2) is 5.96 Å². The minimum absolute atomic E-state index is 0. The minimum atomic E-state index is -0.869. The highest BCUT2D eigenvalue weighted by molar-refractivity contribution is 7.13. The van der Waals surface area contributed by atoms with Gasteiger partial charge in [-0.1, -0.05) is 6.07 Å². The molecule has 0 spiro atoms. The van der Waals surface area contributed by atoms with Gasteiger partial charge in [0.2, 0.25) is 16.0 Å². The van der Waals surface area contributed by atoms with Gasteiger partial charge in [-0.2, -0.15) is 4.99 Å². The van der Waals surface area contributed by atoms with Crippen molar-refractivity contribution in [2.45, 2.75) is 6.04 Å². The number of nitrogens with zero attached hydrogens (tertiary/aromatic N) is 3. The Labute approximate surface area is 151 Å². The second-order valence-corrected chi connectivity index (χ2v) is 5.80. The first-order valence-corrected chi connectivity index (χ1v) is 7.63. The fraction of sp³-hybridized carbons (Fsp3) is 0.0714. The number of hydrogen-bond donors (Lipinski definition) is 4. The highest BCUT2D eigenvalue weighted by Gasteiger charge is 2.25. The molecular formula is C14H14ClN7O2S. The Kier molecular flexibility index (Phi) is 5.16. The zero-order chi connectivity index (χ0) is 17.4. The molecule has 1 unspecified atom stereocenters. The molecule has 0 aliphatic heterocycles. The van der Waals surface area contributed by atoms with Gasteiger partial charge in [0.25, 0.3) is 0 Å². The lowest BCUT2D eigenvalue weighted by Gasteiger charge is -2.15. The molecule has 0 saturated carbocycles. The van der Waals surface area contributed by atoms with Crippen molar-refractivity contribution >= 4 is 40.5 Å². The van der Waals surface area contributed by atoms with Crippen LogP contribution in [-0.2, 0) is 0 Å². The molecule has 1 atom stereocenters. The van der Waals surface area contributed by atoms with Crippen LogP contribution < -0.4 is 33.8 Å². The van der Waals surface area contributed by atoms with E-state index in [9.17, 15) is 9.59 Å². The van der Waals surface area contributed by atoms with E-state index >= 15 is 0 Å². The van der Waals surface area contributed by atoms with E-state index in [1.54, 1.807) is 23.6 Å². The van der Waals surface area contributed by atoms with Gasteiger partial charge in [0.1, 0.15) is 5.69 Å². The van der Waals surface area contributed by atoms with Crippen LogP contribution >= 0.6 is 23.7 Å². The fourth-order valence-corrected chi connectivity index (χ4v) is 2.89. The Morgan fingerprint density at radius 1 is 1.12 bits per heavy atom. The highest BCUT2D eigenvalue weighted by atomic mass is 35.5. The van der Waals surface area contributed by atoms with Crippen LogP contribution in [0.1, 0.15) is 17.3 Å². The van der Waals surface area contributed by atoms with Crippen molar-refractivity contribution < 1.29 is 0 Å². The van der Waals surface area contributed by atoms with Gasteiger partial charge < -0.3 is 22.9 Å². The van der Waals surface area contributed by atoms with Gasteiger partial charge in [0.05, 0.1) is 28.7 Å². The molecule has 3 rings (SSSR count). The number of anilines is 1. The topological polar surface area (TPSA) is 176 Å². The van der Waals surface area contributed by atoms with Crippen LogP contribution in [0.4, 0.5) is 10.8 Å². The smallest absolute Gasteiger partial charge is 0.249 e. The average molecular weight is 380 g/mol. The van der Waals surface area contributed by atoms with Crippen LogP contribution in [0, 0.1) is 0 Å². The Balaban J connectivity index is 0.00000225. The van der Waals surface area contributed by atoms with Crippen LogP contribution in [-0.4, -0.2) is 15.9 Å². The Bertz CT molecular complexity index is 1020. The average Bonchev–Trinajstić information content (AvgIpc) is 3.02. The summed E-state index contributed by atoms with van der Waals surface area (Å²) >= 11 is 1.25. The molecule has 0 fully saturated rings. The van der Waals surface area contributed by atoms with Crippen molar-refractivity contribution in [3.63, 3.8) is 0 Å². The summed E-state index contributed by atoms with van der Waals surface area (Å²) in [5.41, 5.74) is 22.3. The molecular weight excluding hydrogens is 366 g/mol. The third kappa shape index (κ3) is 3.36. The summed E-state index contributed by atoms with van der Waals surface area (Å²) in [7, 11) is 0. The number of nitrogens with two attached hydrogens (primary N) is 4. The van der Waals surface area contributed by atoms with Gasteiger partial charge in [-0.25, -0.2) is 9.97 Å². The number of aromatic nitrogens is 2. The summed E-state index contributed by atoms with van der Waals surface area (Å²) in [6.45, 7) is 0. The first-order chi connectivity index (χ1) is 11.4. The Morgan fingerprint density at radius 3 is 2.48 bits per heavy atom. The van der Waals surface area contributed by atoms with E-state index in [2.05, 4.69) is 15.0 Å². The number of thiazole rings is 1. The van der Waals surface area contributed by atoms with Crippen molar-refractivity contribution in [2.24, 2.45) is 22.2 Å². The van der Waals surface area contributed by atoms with E-state index in [1.807, 2.05) is 0 Å². The Morgan fingerprint density at radius 2 is 1.84 bits per heavy atom. The number of aliphatic imine (C=N–C) groups is 1. The SMILES string of the molecule is Cl.NC(N)=Nc1nc(-c2cccc(C(N)c3c(N)c(=O)c3=O)n2)cs1. The molecule has 3 aromatic rings. The van der Waals surface area contributed by atoms with E-state index in [4.69, 9.17) is 22.9 Å². The van der Waals surface area contributed by atoms with E-state index in [0.29, 0.717) is 22.2 Å². The van der Waals surface area contributed by atoms with Gasteiger partial charge in [-0.3, -0.25) is 9.59 Å². The maximum Gasteiger partial charge on any atom is 0.249 e. The molecule has 0 bridgehead atoms. The second-order valence-electron chi connectivity index (χ2n) is 4.96. The molecule has 25 heavy (non-hydrogen) atoms. The molecule has 1 aromatic carbocycles. The standard InChI is InChI=1S/C14H13N7O2S.ClH/c15-9(8-10(16)12(23)11(8)22)6-3-1-2-5(19-6)7-4-24-14(20-7)21-13(17)18;/h1-4,9H,15-16H2,(H4,17,18,20,21);1H. The second kappa shape index (κ2) is 6.97. The number of halogens is 1. The summed E-state index contributed by atoms with van der Waals surface area (Å²) in [4.78, 5) is 35.3. The number of nitrogen functional groups attached to an aromatic ring is 1. The number of rotatable bonds is 4. The van der Waals surface area contributed by atoms with Crippen molar-refractivity contribution in [2.75, 3.05) is 5.73 Å². The normalized spacial score (nSPS) is 11.7. The van der Waals surface area contributed by atoms with Gasteiger partial charge >= 0.3 is 0 Å². The number of guanidine groups is 1. The quantitative estimate of drug-likeness (QED) is 0.272. The predicted molar refractivity (Wildman–Crippen MR) is 99.9 cm³/mol. The third-order valence-electron chi connectivity index (χ3n) is 3.37. The summed E-state index contributed by atoms with van der Waals surface area (Å²) in [5.74, 6) is -0.0878. The number of hydrogen-bond acceptors (Lipinski definition) is 8. The molecule has 0 aliphatic carbocycles. The van der Waals surface area contributed by atoms with Crippen molar-refractivity contribution in [1.29, 1.82) is 0 Å². The molecule has 11 heteroatoms. The molecule has 9 nitrogen and oxygen atoms in total. The molecule has 0 amide bonds. The lowest BCUT2D eigenvalue weighted by molar-refractivity contribution is 0.814. The van der Waals surface area contributed by atoms with Gasteiger partial charge in [-0.05, 0) is 12.1 Å². The maximum absolute atomic E-state index is 11.6. The van der Waals surface area contributed by atoms with Crippen LogP contribution in [0.25, 0.3) is 11.4 Å². The Hall–Kier alpha value is -2.82. The number of pyridine rings is 1. The third-order valence-corrected chi connectivity index (χ3v) is 4.10. The van der Waals surface area contributed by atoms with Crippen molar-refractivity contribution in [3.05, 3.63) is 55.3 Å². The van der Waals surface area contributed by atoms with E-state index < -0.39 is 16.9 Å². The molecule has 2 heterocycles. The predicted octanol–water partition coefficient (Wildman–Crippen LogP) is -0.242. The zero-order valence-electron chi connectivity index (χ0n) is 12.7. The first kappa shape index (κ1) is 18.5. The molecule has 0 aliphatic rings. The van der Waals surface area contributed by atoms with E-state index in [0.717, 1.165) is 0 Å². The minimum Gasteiger partial charge on any atom is -0.395 e. The zero-order valence-corrected chi connectivity index (χ0v) is 14.3. The highest BCUT2D eigenvalue weighted by Crippen LogP contribution is 2.27. The monoisotopic (exact) mass is 379 g/mol. The maximum atomic E-state index is 11.6. The fourth-order valence-electron chi connectivity index (χ4n) is 2.19. The first-order valence-electron chi connectivity index (χ1n) is 6.75. The summed E-state index contributed by atoms with van der Waals surface area (Å²) < 4.78 is 0. The van der Waals surface area contributed by atoms with E-state index in [1.165, 1.54) is 11.3 Å². The summed E-state index contributed by atoms with van der Waals surface area (Å²) in [6.07, 6.45) is 0. The molecule has 2 aromatic heterocycles. The lowest BCUT2D eigenvalue weighted by atomic mass is 9.97. The van der Waals surface area contributed by atoms with Crippen LogP contribution in [0.3, 0.4) is 0 Å². The summed E-state index contributed by atoms with van der Waals surface area (Å²) in [5, 5.41) is 2.14. The van der Waals surface area contributed by atoms with E-state index in [-0.39, 0.29) is 29.6 Å². The van der Waals surface area contributed by atoms with Crippen LogP contribution in [0.2, 0.25) is 0 Å². The van der Waals surface area contributed by atoms with Crippen molar-refractivity contribution in [3.8, 4) is 11.4 Å². The summed E-state index contributed by atoms with van der Waals surface area (Å²) in [6, 6.07) is 4.23.